The van der Waals surface area contributed by atoms with Crippen LogP contribution in [0.2, 0.25) is 0 Å². The molecule has 0 aromatic heterocycles. The van der Waals surface area contributed by atoms with Gasteiger partial charge in [0.15, 0.2) is 11.5 Å². The summed E-state index contributed by atoms with van der Waals surface area (Å²) in [5.41, 5.74) is 7.01. The molecule has 0 spiro atoms. The first-order chi connectivity index (χ1) is 14.1. The number of phenolic OH excluding ortho intramolecular Hbond substituents is 1. The number of rotatable bonds is 3. The van der Waals surface area contributed by atoms with Gasteiger partial charge in [0.1, 0.15) is 28.4 Å². The number of aliphatic hydroxyl groups excluding tert-OH is 1. The van der Waals surface area contributed by atoms with Crippen LogP contribution in [0, 0.1) is 13.8 Å². The lowest BCUT2D eigenvalue weighted by Crippen LogP contribution is -2.20. The normalized spacial score (nSPS) is 17.7. The number of hydrogen-bond donors (Lipinski definition) is 3. The number of methoxy groups -OCH3 is 1. The Labute approximate surface area is 171 Å². The maximum Gasteiger partial charge on any atom is 0.347 e. The van der Waals surface area contributed by atoms with Gasteiger partial charge in [0, 0.05) is 17.2 Å². The number of carbonyl (C=O) groups excluding carboxylic acids is 2. The average molecular weight is 415 g/mol. The van der Waals surface area contributed by atoms with Crippen LogP contribution in [0.5, 0.6) is 28.7 Å². The molecule has 9 nitrogen and oxygen atoms in total. The Bertz CT molecular complexity index is 1110. The van der Waals surface area contributed by atoms with Gasteiger partial charge in [-0.15, -0.1) is 0 Å². The molecule has 0 saturated carbocycles. The summed E-state index contributed by atoms with van der Waals surface area (Å²) in [6, 6.07) is 1.41. The first-order valence-electron chi connectivity index (χ1n) is 9.30. The summed E-state index contributed by atoms with van der Waals surface area (Å²) in [6.45, 7) is 4.97. The molecule has 2 aliphatic heterocycles. The Hall–Kier alpha value is -3.30. The van der Waals surface area contributed by atoms with Crippen LogP contribution < -0.4 is 19.9 Å². The van der Waals surface area contributed by atoms with Crippen molar-refractivity contribution in [1.29, 1.82) is 0 Å². The second kappa shape index (κ2) is 6.89. The predicted molar refractivity (Wildman–Crippen MR) is 103 cm³/mol. The first kappa shape index (κ1) is 20.0. The van der Waals surface area contributed by atoms with Crippen molar-refractivity contribution < 1.29 is 38.7 Å². The van der Waals surface area contributed by atoms with Crippen molar-refractivity contribution in [2.45, 2.75) is 39.5 Å². The smallest absolute Gasteiger partial charge is 0.347 e. The third-order valence-corrected chi connectivity index (χ3v) is 5.21. The van der Waals surface area contributed by atoms with Crippen molar-refractivity contribution in [2.24, 2.45) is 5.73 Å². The van der Waals surface area contributed by atoms with E-state index in [9.17, 15) is 19.8 Å². The van der Waals surface area contributed by atoms with Gasteiger partial charge >= 0.3 is 11.9 Å². The average Bonchev–Trinajstić information content (AvgIpc) is 2.87. The molecule has 2 aromatic rings. The van der Waals surface area contributed by atoms with Gasteiger partial charge in [-0.1, -0.05) is 0 Å². The Balaban J connectivity index is 2.06. The van der Waals surface area contributed by atoms with E-state index in [4.69, 9.17) is 24.7 Å². The van der Waals surface area contributed by atoms with E-state index >= 15 is 0 Å². The van der Waals surface area contributed by atoms with Gasteiger partial charge in [-0.2, -0.15) is 0 Å². The van der Waals surface area contributed by atoms with E-state index in [1.807, 2.05) is 0 Å². The van der Waals surface area contributed by atoms with Crippen molar-refractivity contribution in [1.82, 2.24) is 0 Å². The molecule has 0 saturated heterocycles. The SMILES string of the molecule is COc1cc(C)c2c(c1CC(C)N)Oc1c(c(C)c(O)c3c1C(O)OC3=O)OC2=O. The van der Waals surface area contributed by atoms with E-state index in [1.54, 1.807) is 19.9 Å². The zero-order valence-electron chi connectivity index (χ0n) is 16.9. The number of aryl methyl sites for hydroxylation is 1. The lowest BCUT2D eigenvalue weighted by molar-refractivity contribution is -0.0555. The molecular weight excluding hydrogens is 394 g/mol. The molecule has 2 heterocycles. The monoisotopic (exact) mass is 415 g/mol. The molecule has 2 aliphatic rings. The highest BCUT2D eigenvalue weighted by molar-refractivity contribution is 6.02. The quantitative estimate of drug-likeness (QED) is 0.509. The summed E-state index contributed by atoms with van der Waals surface area (Å²) in [5.74, 6) is -1.61. The number of phenols is 1. The topological polar surface area (TPSA) is 138 Å². The highest BCUT2D eigenvalue weighted by atomic mass is 16.6. The van der Waals surface area contributed by atoms with Gasteiger partial charge in [0.05, 0.1) is 12.7 Å². The first-order valence-corrected chi connectivity index (χ1v) is 9.30. The van der Waals surface area contributed by atoms with Gasteiger partial charge in [0.25, 0.3) is 0 Å². The molecule has 4 rings (SSSR count). The molecular formula is C21H21NO8. The molecule has 0 fully saturated rings. The molecule has 30 heavy (non-hydrogen) atoms. The van der Waals surface area contributed by atoms with Gasteiger partial charge in [0.2, 0.25) is 6.29 Å². The highest BCUT2D eigenvalue weighted by Crippen LogP contribution is 2.53. The fraction of sp³-hybridized carbons (Fsp3) is 0.333. The van der Waals surface area contributed by atoms with Crippen molar-refractivity contribution >= 4 is 11.9 Å². The van der Waals surface area contributed by atoms with Crippen LogP contribution in [0.3, 0.4) is 0 Å². The van der Waals surface area contributed by atoms with Crippen LogP contribution in [0.25, 0.3) is 0 Å². The molecule has 2 atom stereocenters. The molecule has 2 unspecified atom stereocenters. The number of benzene rings is 2. The zero-order chi connectivity index (χ0) is 21.9. The van der Waals surface area contributed by atoms with E-state index < -0.39 is 24.0 Å². The van der Waals surface area contributed by atoms with Crippen molar-refractivity contribution in [3.05, 3.63) is 39.4 Å². The third kappa shape index (κ3) is 2.78. The lowest BCUT2D eigenvalue weighted by atomic mass is 9.97. The Morgan fingerprint density at radius 3 is 2.47 bits per heavy atom. The molecule has 4 N–H and O–H groups in total. The van der Waals surface area contributed by atoms with Gasteiger partial charge in [-0.3, -0.25) is 0 Å². The summed E-state index contributed by atoms with van der Waals surface area (Å²) < 4.78 is 22.0. The minimum atomic E-state index is -1.68. The highest BCUT2D eigenvalue weighted by Gasteiger charge is 2.42. The molecule has 2 aromatic carbocycles. The summed E-state index contributed by atoms with van der Waals surface area (Å²) in [4.78, 5) is 25.2. The van der Waals surface area contributed by atoms with Crippen molar-refractivity contribution in [3.8, 4) is 28.7 Å². The predicted octanol–water partition coefficient (Wildman–Crippen LogP) is 2.39. The number of esters is 2. The molecule has 0 amide bonds. The Morgan fingerprint density at radius 1 is 1.13 bits per heavy atom. The van der Waals surface area contributed by atoms with E-state index in [-0.39, 0.29) is 45.5 Å². The summed E-state index contributed by atoms with van der Waals surface area (Å²) >= 11 is 0. The minimum Gasteiger partial charge on any atom is -0.507 e. The Morgan fingerprint density at radius 2 is 1.83 bits per heavy atom. The number of ether oxygens (including phenoxy) is 4. The fourth-order valence-electron chi connectivity index (χ4n) is 3.82. The summed E-state index contributed by atoms with van der Waals surface area (Å²) in [5, 5.41) is 20.8. The second-order valence-corrected chi connectivity index (χ2v) is 7.43. The van der Waals surface area contributed by atoms with Gasteiger partial charge < -0.3 is 34.9 Å². The largest absolute Gasteiger partial charge is 0.507 e. The van der Waals surface area contributed by atoms with Crippen LogP contribution in [0.1, 0.15) is 56.2 Å². The molecule has 9 heteroatoms. The standard InChI is InChI=1S/C21H21NO8/c1-7-5-11(27-4)10(6-8(2)22)17-12(7)19(24)29-16-9(3)15(23)13-14(18(16)28-17)21(26)30-20(13)25/h5,8,21,23,26H,6,22H2,1-4H3. The van der Waals surface area contributed by atoms with E-state index in [2.05, 4.69) is 0 Å². The summed E-state index contributed by atoms with van der Waals surface area (Å²) in [6.07, 6.45) is -1.36. The minimum absolute atomic E-state index is 0.0793. The van der Waals surface area contributed by atoms with Gasteiger partial charge in [-0.05, 0) is 38.8 Å². The lowest BCUT2D eigenvalue weighted by Gasteiger charge is -2.20. The number of aliphatic hydroxyl groups is 1. The molecule has 0 aliphatic carbocycles. The number of hydrogen-bond acceptors (Lipinski definition) is 9. The van der Waals surface area contributed by atoms with E-state index in [0.717, 1.165) is 0 Å². The number of nitrogens with two attached hydrogens (primary N) is 1. The zero-order valence-corrected chi connectivity index (χ0v) is 16.9. The Kier molecular flexibility index (Phi) is 4.59. The maximum absolute atomic E-state index is 13.0. The molecule has 158 valence electrons. The van der Waals surface area contributed by atoms with Crippen LogP contribution in [-0.2, 0) is 11.2 Å². The number of aromatic hydroxyl groups is 1. The number of cyclic esters (lactones) is 1. The number of fused-ring (bicyclic) bond motifs is 4. The van der Waals surface area contributed by atoms with Crippen LogP contribution in [0.15, 0.2) is 6.07 Å². The summed E-state index contributed by atoms with van der Waals surface area (Å²) in [7, 11) is 1.49. The maximum atomic E-state index is 13.0. The van der Waals surface area contributed by atoms with Gasteiger partial charge in [-0.25, -0.2) is 9.59 Å². The van der Waals surface area contributed by atoms with Crippen LogP contribution in [-0.4, -0.2) is 35.3 Å². The fourth-order valence-corrected chi connectivity index (χ4v) is 3.82. The van der Waals surface area contributed by atoms with Crippen molar-refractivity contribution in [3.63, 3.8) is 0 Å². The van der Waals surface area contributed by atoms with Crippen molar-refractivity contribution in [2.75, 3.05) is 7.11 Å². The molecule has 0 bridgehead atoms. The van der Waals surface area contributed by atoms with E-state index in [1.165, 1.54) is 14.0 Å². The van der Waals surface area contributed by atoms with Crippen LogP contribution >= 0.6 is 0 Å². The molecule has 0 radical (unpaired) electrons. The van der Waals surface area contributed by atoms with E-state index in [0.29, 0.717) is 23.3 Å². The third-order valence-electron chi connectivity index (χ3n) is 5.21. The second-order valence-electron chi connectivity index (χ2n) is 7.43. The number of carbonyl (C=O) groups is 2. The van der Waals surface area contributed by atoms with Crippen LogP contribution in [0.4, 0.5) is 0 Å².